The maximum absolute atomic E-state index is 12.7. The number of aryl methyl sites for hydroxylation is 1. The molecule has 1 heterocycles. The standard InChI is InChI=1S/C16H11N3O2S/c1-11-6-8-12(9-7-11)22(20,21)16-15(10-17)18-13-4-2-3-5-14(13)19-16/h2-9H,1H3. The first-order chi connectivity index (χ1) is 10.5. The van der Waals surface area contributed by atoms with Crippen molar-refractivity contribution in [3.8, 4) is 6.07 Å². The zero-order valence-electron chi connectivity index (χ0n) is 11.7. The van der Waals surface area contributed by atoms with E-state index in [1.165, 1.54) is 12.1 Å². The molecule has 0 bridgehead atoms. The van der Waals surface area contributed by atoms with Crippen LogP contribution in [-0.4, -0.2) is 18.4 Å². The number of nitrogens with zero attached hydrogens (tertiary/aromatic N) is 3. The summed E-state index contributed by atoms with van der Waals surface area (Å²) in [5.41, 5.74) is 1.68. The average Bonchev–Trinajstić information content (AvgIpc) is 2.54. The van der Waals surface area contributed by atoms with Crippen LogP contribution in [0.4, 0.5) is 0 Å². The number of fused-ring (bicyclic) bond motifs is 1. The third-order valence-corrected chi connectivity index (χ3v) is 4.92. The van der Waals surface area contributed by atoms with Gasteiger partial charge in [-0.1, -0.05) is 29.8 Å². The Hall–Kier alpha value is -2.78. The van der Waals surface area contributed by atoms with E-state index >= 15 is 0 Å². The van der Waals surface area contributed by atoms with Gasteiger partial charge in [0, 0.05) is 0 Å². The molecule has 108 valence electrons. The first-order valence-corrected chi connectivity index (χ1v) is 7.99. The molecule has 0 atom stereocenters. The second-order valence-electron chi connectivity index (χ2n) is 4.79. The van der Waals surface area contributed by atoms with Crippen LogP contribution < -0.4 is 0 Å². The fraction of sp³-hybridized carbons (Fsp3) is 0.0625. The summed E-state index contributed by atoms with van der Waals surface area (Å²) in [4.78, 5) is 8.34. The van der Waals surface area contributed by atoms with Crippen molar-refractivity contribution in [2.24, 2.45) is 0 Å². The van der Waals surface area contributed by atoms with E-state index in [1.807, 2.05) is 13.0 Å². The molecule has 0 N–H and O–H groups in total. The number of rotatable bonds is 2. The van der Waals surface area contributed by atoms with Gasteiger partial charge in [-0.25, -0.2) is 18.4 Å². The van der Waals surface area contributed by atoms with E-state index in [2.05, 4.69) is 9.97 Å². The van der Waals surface area contributed by atoms with Crippen LogP contribution in [0.5, 0.6) is 0 Å². The molecule has 0 saturated carbocycles. The Morgan fingerprint density at radius 2 is 1.55 bits per heavy atom. The van der Waals surface area contributed by atoms with Crippen molar-refractivity contribution in [3.05, 3.63) is 59.8 Å². The Bertz CT molecular complexity index is 1000. The molecule has 0 saturated heterocycles. The van der Waals surface area contributed by atoms with Gasteiger partial charge >= 0.3 is 0 Å². The summed E-state index contributed by atoms with van der Waals surface area (Å²) in [6, 6.07) is 15.1. The van der Waals surface area contributed by atoms with E-state index in [9.17, 15) is 13.7 Å². The largest absolute Gasteiger partial charge is 0.232 e. The molecule has 6 heteroatoms. The first-order valence-electron chi connectivity index (χ1n) is 6.51. The Balaban J connectivity index is 2.28. The summed E-state index contributed by atoms with van der Waals surface area (Å²) in [5.74, 6) is 0. The molecule has 2 aromatic carbocycles. The lowest BCUT2D eigenvalue weighted by molar-refractivity contribution is 0.592. The molecule has 22 heavy (non-hydrogen) atoms. The number of aromatic nitrogens is 2. The van der Waals surface area contributed by atoms with Gasteiger partial charge in [-0.15, -0.1) is 0 Å². The van der Waals surface area contributed by atoms with Crippen LogP contribution in [0.3, 0.4) is 0 Å². The van der Waals surface area contributed by atoms with Crippen LogP contribution in [0.25, 0.3) is 11.0 Å². The lowest BCUT2D eigenvalue weighted by Crippen LogP contribution is -2.09. The minimum Gasteiger partial charge on any atom is -0.232 e. The smallest absolute Gasteiger partial charge is 0.226 e. The number of sulfone groups is 1. The molecule has 3 aromatic rings. The normalized spacial score (nSPS) is 11.3. The fourth-order valence-electron chi connectivity index (χ4n) is 2.07. The van der Waals surface area contributed by atoms with E-state index in [1.54, 1.807) is 36.4 Å². The molecule has 0 spiro atoms. The minimum atomic E-state index is -3.89. The molecule has 0 aliphatic heterocycles. The fourth-order valence-corrected chi connectivity index (χ4v) is 3.36. The number of benzene rings is 2. The molecular formula is C16H11N3O2S. The maximum atomic E-state index is 12.7. The summed E-state index contributed by atoms with van der Waals surface area (Å²) in [6.45, 7) is 1.87. The summed E-state index contributed by atoms with van der Waals surface area (Å²) in [7, 11) is -3.89. The van der Waals surface area contributed by atoms with Crippen LogP contribution in [-0.2, 0) is 9.84 Å². The lowest BCUT2D eigenvalue weighted by atomic mass is 10.2. The van der Waals surface area contributed by atoms with E-state index in [0.717, 1.165) is 5.56 Å². The van der Waals surface area contributed by atoms with E-state index < -0.39 is 9.84 Å². The molecule has 1 aromatic heterocycles. The van der Waals surface area contributed by atoms with Crippen LogP contribution in [0.2, 0.25) is 0 Å². The molecular weight excluding hydrogens is 298 g/mol. The van der Waals surface area contributed by atoms with Crippen LogP contribution in [0.1, 0.15) is 11.3 Å². The van der Waals surface area contributed by atoms with Gasteiger partial charge in [-0.2, -0.15) is 5.26 Å². The molecule has 0 radical (unpaired) electrons. The number of nitriles is 1. The van der Waals surface area contributed by atoms with Gasteiger partial charge in [0.2, 0.25) is 9.84 Å². The molecule has 5 nitrogen and oxygen atoms in total. The SMILES string of the molecule is Cc1ccc(S(=O)(=O)c2nc3ccccc3nc2C#N)cc1. The van der Waals surface area contributed by atoms with E-state index in [-0.39, 0.29) is 15.6 Å². The molecule has 0 aliphatic carbocycles. The predicted octanol–water partition coefficient (Wildman–Crippen LogP) is 2.64. The molecule has 0 aliphatic rings. The van der Waals surface area contributed by atoms with Crippen LogP contribution in [0, 0.1) is 18.3 Å². The number of para-hydroxylation sites is 2. The van der Waals surface area contributed by atoms with Crippen molar-refractivity contribution in [3.63, 3.8) is 0 Å². The first kappa shape index (κ1) is 14.2. The topological polar surface area (TPSA) is 83.7 Å². The quantitative estimate of drug-likeness (QED) is 0.726. The summed E-state index contributed by atoms with van der Waals surface area (Å²) >= 11 is 0. The van der Waals surface area contributed by atoms with Gasteiger partial charge in [0.05, 0.1) is 15.9 Å². The second-order valence-corrected chi connectivity index (χ2v) is 6.66. The van der Waals surface area contributed by atoms with Gasteiger partial charge in [-0.3, -0.25) is 0 Å². The van der Waals surface area contributed by atoms with Crippen molar-refractivity contribution in [2.45, 2.75) is 16.8 Å². The van der Waals surface area contributed by atoms with Crippen molar-refractivity contribution in [2.75, 3.05) is 0 Å². The Morgan fingerprint density at radius 1 is 0.955 bits per heavy atom. The molecule has 0 fully saturated rings. The number of hydrogen-bond acceptors (Lipinski definition) is 5. The summed E-state index contributed by atoms with van der Waals surface area (Å²) in [5, 5.41) is 8.91. The lowest BCUT2D eigenvalue weighted by Gasteiger charge is -2.07. The Kier molecular flexibility index (Phi) is 3.35. The van der Waals surface area contributed by atoms with Gasteiger partial charge in [0.15, 0.2) is 10.7 Å². The van der Waals surface area contributed by atoms with Gasteiger partial charge < -0.3 is 0 Å². The van der Waals surface area contributed by atoms with Gasteiger partial charge in [-0.05, 0) is 31.2 Å². The third-order valence-electron chi connectivity index (χ3n) is 3.23. The zero-order chi connectivity index (χ0) is 15.7. The van der Waals surface area contributed by atoms with Crippen LogP contribution in [0.15, 0.2) is 58.5 Å². The van der Waals surface area contributed by atoms with Crippen molar-refractivity contribution in [1.82, 2.24) is 9.97 Å². The highest BCUT2D eigenvalue weighted by atomic mass is 32.2. The van der Waals surface area contributed by atoms with E-state index in [0.29, 0.717) is 11.0 Å². The van der Waals surface area contributed by atoms with Gasteiger partial charge in [0.25, 0.3) is 0 Å². The third kappa shape index (κ3) is 2.32. The second kappa shape index (κ2) is 5.20. The van der Waals surface area contributed by atoms with Crippen LogP contribution >= 0.6 is 0 Å². The Labute approximate surface area is 127 Å². The molecule has 3 rings (SSSR count). The molecule has 0 unspecified atom stereocenters. The average molecular weight is 309 g/mol. The highest BCUT2D eigenvalue weighted by Crippen LogP contribution is 2.23. The van der Waals surface area contributed by atoms with Crippen molar-refractivity contribution in [1.29, 1.82) is 5.26 Å². The Morgan fingerprint density at radius 3 is 2.14 bits per heavy atom. The minimum absolute atomic E-state index is 0.0965. The summed E-state index contributed by atoms with van der Waals surface area (Å²) in [6.07, 6.45) is 0. The highest BCUT2D eigenvalue weighted by Gasteiger charge is 2.25. The van der Waals surface area contributed by atoms with E-state index in [4.69, 9.17) is 0 Å². The van der Waals surface area contributed by atoms with Gasteiger partial charge in [0.1, 0.15) is 6.07 Å². The highest BCUT2D eigenvalue weighted by molar-refractivity contribution is 7.91. The zero-order valence-corrected chi connectivity index (χ0v) is 12.5. The monoisotopic (exact) mass is 309 g/mol. The maximum Gasteiger partial charge on any atom is 0.226 e. The van der Waals surface area contributed by atoms with Crippen molar-refractivity contribution >= 4 is 20.9 Å². The molecule has 0 amide bonds. The summed E-state index contributed by atoms with van der Waals surface area (Å²) < 4.78 is 25.4. The van der Waals surface area contributed by atoms with Crippen molar-refractivity contribution < 1.29 is 8.42 Å². The number of hydrogen-bond donors (Lipinski definition) is 0. The predicted molar refractivity (Wildman–Crippen MR) is 80.9 cm³/mol.